The Balaban J connectivity index is 2.43. The smallest absolute Gasteiger partial charge is 0.335 e. The molecule has 1 aromatic carbocycles. The summed E-state index contributed by atoms with van der Waals surface area (Å²) in [5.74, 6) is -0.964. The van der Waals surface area contributed by atoms with Crippen LogP contribution < -0.4 is 5.32 Å². The van der Waals surface area contributed by atoms with E-state index in [1.54, 1.807) is 19.2 Å². The Bertz CT molecular complexity index is 448. The van der Waals surface area contributed by atoms with Gasteiger partial charge in [-0.25, -0.2) is 9.59 Å². The summed E-state index contributed by atoms with van der Waals surface area (Å²) in [4.78, 5) is 23.7. The number of carbonyl (C=O) groups is 2. The van der Waals surface area contributed by atoms with E-state index in [1.807, 2.05) is 6.07 Å². The molecule has 2 amide bonds. The van der Waals surface area contributed by atoms with Crippen molar-refractivity contribution >= 4 is 12.0 Å². The second-order valence-electron chi connectivity index (χ2n) is 4.13. The minimum absolute atomic E-state index is 0.0788. The Morgan fingerprint density at radius 2 is 2.11 bits per heavy atom. The summed E-state index contributed by atoms with van der Waals surface area (Å²) in [6, 6.07) is 6.35. The summed E-state index contributed by atoms with van der Waals surface area (Å²) in [5.41, 5.74) is 1.09. The van der Waals surface area contributed by atoms with E-state index in [4.69, 9.17) is 10.2 Å². The average molecular weight is 266 g/mol. The molecular formula is C13H18N2O4. The predicted molar refractivity (Wildman–Crippen MR) is 70.2 cm³/mol. The van der Waals surface area contributed by atoms with Crippen LogP contribution in [0.2, 0.25) is 0 Å². The lowest BCUT2D eigenvalue weighted by Gasteiger charge is -2.16. The van der Waals surface area contributed by atoms with Gasteiger partial charge in [-0.05, 0) is 24.1 Å². The molecule has 0 saturated carbocycles. The van der Waals surface area contributed by atoms with Gasteiger partial charge >= 0.3 is 12.0 Å². The number of hydrogen-bond donors (Lipinski definition) is 3. The van der Waals surface area contributed by atoms with E-state index in [9.17, 15) is 9.59 Å². The van der Waals surface area contributed by atoms with Crippen molar-refractivity contribution in [2.45, 2.75) is 6.42 Å². The lowest BCUT2D eigenvalue weighted by molar-refractivity contribution is 0.0696. The van der Waals surface area contributed by atoms with Crippen LogP contribution in [0.4, 0.5) is 4.79 Å². The van der Waals surface area contributed by atoms with E-state index in [1.165, 1.54) is 11.0 Å². The molecule has 0 unspecified atom stereocenters. The number of nitrogens with zero attached hydrogens (tertiary/aromatic N) is 1. The Kier molecular flexibility index (Phi) is 5.81. The van der Waals surface area contributed by atoms with E-state index in [0.29, 0.717) is 13.0 Å². The number of carboxylic acid groups (broad SMARTS) is 1. The molecule has 19 heavy (non-hydrogen) atoms. The molecule has 1 rings (SSSR count). The van der Waals surface area contributed by atoms with Crippen LogP contribution in [-0.4, -0.2) is 53.9 Å². The summed E-state index contributed by atoms with van der Waals surface area (Å²) in [5, 5.41) is 20.2. The van der Waals surface area contributed by atoms with E-state index >= 15 is 0 Å². The first kappa shape index (κ1) is 15.0. The normalized spacial score (nSPS) is 10.0. The van der Waals surface area contributed by atoms with E-state index in [-0.39, 0.29) is 24.7 Å². The van der Waals surface area contributed by atoms with Gasteiger partial charge in [-0.15, -0.1) is 0 Å². The summed E-state index contributed by atoms with van der Waals surface area (Å²) in [7, 11) is 1.59. The standard InChI is InChI=1S/C13H18N2O4/c1-15(7-8-16)13(19)14-6-5-10-3-2-4-11(9-10)12(17)18/h2-4,9,16H,5-8H2,1H3,(H,14,19)(H,17,18). The number of carbonyl (C=O) groups excluding carboxylic acids is 1. The molecule has 6 nitrogen and oxygen atoms in total. The van der Waals surface area contributed by atoms with Crippen LogP contribution in [0.15, 0.2) is 24.3 Å². The van der Waals surface area contributed by atoms with Gasteiger partial charge < -0.3 is 20.4 Å². The Labute approximate surface area is 111 Å². The van der Waals surface area contributed by atoms with Crippen LogP contribution in [0.5, 0.6) is 0 Å². The van der Waals surface area contributed by atoms with Crippen LogP contribution in [0.25, 0.3) is 0 Å². The zero-order valence-electron chi connectivity index (χ0n) is 10.8. The second kappa shape index (κ2) is 7.38. The third-order valence-corrected chi connectivity index (χ3v) is 2.65. The van der Waals surface area contributed by atoms with Crippen molar-refractivity contribution in [3.63, 3.8) is 0 Å². The van der Waals surface area contributed by atoms with Gasteiger partial charge in [-0.2, -0.15) is 0 Å². The first-order valence-electron chi connectivity index (χ1n) is 5.96. The first-order valence-corrected chi connectivity index (χ1v) is 5.96. The number of carboxylic acids is 1. The summed E-state index contributed by atoms with van der Waals surface area (Å²) >= 11 is 0. The third-order valence-electron chi connectivity index (χ3n) is 2.65. The fourth-order valence-electron chi connectivity index (χ4n) is 1.56. The molecule has 0 atom stereocenters. The lowest BCUT2D eigenvalue weighted by atomic mass is 10.1. The summed E-state index contributed by atoms with van der Waals surface area (Å²) < 4.78 is 0. The van der Waals surface area contributed by atoms with Gasteiger partial charge in [0.2, 0.25) is 0 Å². The number of aromatic carboxylic acids is 1. The van der Waals surface area contributed by atoms with Crippen LogP contribution in [0, 0.1) is 0 Å². The number of benzene rings is 1. The molecule has 0 aromatic heterocycles. The number of urea groups is 1. The second-order valence-corrected chi connectivity index (χ2v) is 4.13. The molecule has 0 heterocycles. The summed E-state index contributed by atoms with van der Waals surface area (Å²) in [6.45, 7) is 0.614. The highest BCUT2D eigenvalue weighted by atomic mass is 16.4. The molecule has 6 heteroatoms. The maximum atomic E-state index is 11.5. The van der Waals surface area contributed by atoms with Gasteiger partial charge in [0.25, 0.3) is 0 Å². The maximum absolute atomic E-state index is 11.5. The number of aliphatic hydroxyl groups is 1. The minimum Gasteiger partial charge on any atom is -0.478 e. The molecule has 0 aliphatic carbocycles. The number of nitrogens with one attached hydrogen (secondary N) is 1. The number of amides is 2. The topological polar surface area (TPSA) is 89.9 Å². The van der Waals surface area contributed by atoms with Gasteiger partial charge in [0.1, 0.15) is 0 Å². The Hall–Kier alpha value is -2.08. The molecule has 0 aliphatic heterocycles. The molecular weight excluding hydrogens is 248 g/mol. The fourth-order valence-corrected chi connectivity index (χ4v) is 1.56. The van der Waals surface area contributed by atoms with E-state index < -0.39 is 5.97 Å². The van der Waals surface area contributed by atoms with Gasteiger partial charge in [0.05, 0.1) is 12.2 Å². The van der Waals surface area contributed by atoms with Gasteiger partial charge in [0, 0.05) is 20.1 Å². The highest BCUT2D eigenvalue weighted by molar-refractivity contribution is 5.87. The SMILES string of the molecule is CN(CCO)C(=O)NCCc1cccc(C(=O)O)c1. The Morgan fingerprint density at radius 3 is 2.74 bits per heavy atom. The van der Waals surface area contributed by atoms with E-state index in [2.05, 4.69) is 5.32 Å². The van der Waals surface area contributed by atoms with Crippen molar-refractivity contribution < 1.29 is 19.8 Å². The van der Waals surface area contributed by atoms with Crippen molar-refractivity contribution in [3.05, 3.63) is 35.4 Å². The van der Waals surface area contributed by atoms with Crippen molar-refractivity contribution in [2.24, 2.45) is 0 Å². The molecule has 0 saturated heterocycles. The predicted octanol–water partition coefficient (Wildman–Crippen LogP) is 0.561. The molecule has 3 N–H and O–H groups in total. The summed E-state index contributed by atoms with van der Waals surface area (Å²) in [6.07, 6.45) is 0.555. The third kappa shape index (κ3) is 4.97. The van der Waals surface area contributed by atoms with Crippen LogP contribution >= 0.6 is 0 Å². The molecule has 1 aromatic rings. The van der Waals surface area contributed by atoms with Crippen molar-refractivity contribution in [2.75, 3.05) is 26.7 Å². The number of aliphatic hydroxyl groups excluding tert-OH is 1. The van der Waals surface area contributed by atoms with Gasteiger partial charge in [0.15, 0.2) is 0 Å². The highest BCUT2D eigenvalue weighted by Gasteiger charge is 2.07. The molecule has 104 valence electrons. The van der Waals surface area contributed by atoms with Crippen LogP contribution in [0.3, 0.4) is 0 Å². The van der Waals surface area contributed by atoms with E-state index in [0.717, 1.165) is 5.56 Å². The van der Waals surface area contributed by atoms with Gasteiger partial charge in [-0.3, -0.25) is 0 Å². The number of rotatable bonds is 6. The minimum atomic E-state index is -0.964. The number of hydrogen-bond acceptors (Lipinski definition) is 3. The zero-order chi connectivity index (χ0) is 14.3. The van der Waals surface area contributed by atoms with Crippen molar-refractivity contribution in [1.82, 2.24) is 10.2 Å². The Morgan fingerprint density at radius 1 is 1.37 bits per heavy atom. The monoisotopic (exact) mass is 266 g/mol. The van der Waals surface area contributed by atoms with Crippen LogP contribution in [-0.2, 0) is 6.42 Å². The molecule has 0 fully saturated rings. The van der Waals surface area contributed by atoms with Crippen molar-refractivity contribution in [3.8, 4) is 0 Å². The quantitative estimate of drug-likeness (QED) is 0.702. The number of likely N-dealkylation sites (N-methyl/N-ethyl adjacent to an activating group) is 1. The average Bonchev–Trinajstić information content (AvgIpc) is 2.39. The fraction of sp³-hybridized carbons (Fsp3) is 0.385. The van der Waals surface area contributed by atoms with Gasteiger partial charge in [-0.1, -0.05) is 12.1 Å². The maximum Gasteiger partial charge on any atom is 0.335 e. The first-order chi connectivity index (χ1) is 9.04. The molecule has 0 bridgehead atoms. The van der Waals surface area contributed by atoms with Crippen molar-refractivity contribution in [1.29, 1.82) is 0 Å². The zero-order valence-corrected chi connectivity index (χ0v) is 10.8. The largest absolute Gasteiger partial charge is 0.478 e. The lowest BCUT2D eigenvalue weighted by Crippen LogP contribution is -2.39. The van der Waals surface area contributed by atoms with Crippen LogP contribution in [0.1, 0.15) is 15.9 Å². The highest BCUT2D eigenvalue weighted by Crippen LogP contribution is 2.05. The molecule has 0 aliphatic rings. The molecule has 0 spiro atoms. The molecule has 0 radical (unpaired) electrons.